The average Bonchev–Trinajstić information content (AvgIpc) is 2.49. The van der Waals surface area contributed by atoms with Crippen LogP contribution in [0, 0.1) is 11.6 Å². The van der Waals surface area contributed by atoms with Crippen molar-refractivity contribution in [2.75, 3.05) is 5.32 Å². The fourth-order valence-electron chi connectivity index (χ4n) is 1.70. The summed E-state index contributed by atoms with van der Waals surface area (Å²) in [7, 11) is 0. The highest BCUT2D eigenvalue weighted by Crippen LogP contribution is 2.20. The zero-order valence-corrected chi connectivity index (χ0v) is 11.2. The number of carbonyl (C=O) groups excluding carboxylic acids is 1. The Morgan fingerprint density at radius 2 is 1.82 bits per heavy atom. The lowest BCUT2D eigenvalue weighted by atomic mass is 10.2. The molecule has 0 heterocycles. The molecule has 0 unspecified atom stereocenters. The van der Waals surface area contributed by atoms with Gasteiger partial charge < -0.3 is 9.84 Å². The van der Waals surface area contributed by atoms with Gasteiger partial charge in [-0.3, -0.25) is 5.32 Å². The van der Waals surface area contributed by atoms with Gasteiger partial charge in [-0.2, -0.15) is 0 Å². The zero-order valence-electron chi connectivity index (χ0n) is 11.2. The Labute approximate surface area is 124 Å². The molecule has 114 valence electrons. The van der Waals surface area contributed by atoms with Crippen molar-refractivity contribution in [1.29, 1.82) is 0 Å². The van der Waals surface area contributed by atoms with E-state index in [1.54, 1.807) is 30.3 Å². The van der Waals surface area contributed by atoms with Gasteiger partial charge in [-0.1, -0.05) is 30.3 Å². The van der Waals surface area contributed by atoms with Crippen LogP contribution in [0.5, 0.6) is 0 Å². The Morgan fingerprint density at radius 3 is 2.45 bits per heavy atom. The van der Waals surface area contributed by atoms with Crippen LogP contribution in [0.1, 0.15) is 15.9 Å². The molecule has 2 aromatic carbocycles. The molecule has 0 atom stereocenters. The van der Waals surface area contributed by atoms with Gasteiger partial charge in [0.25, 0.3) is 0 Å². The number of aromatic carboxylic acids is 1. The lowest BCUT2D eigenvalue weighted by Crippen LogP contribution is -2.16. The third kappa shape index (κ3) is 3.78. The molecule has 0 aliphatic rings. The molecule has 0 spiro atoms. The number of rotatable bonds is 4. The molecule has 2 rings (SSSR count). The molecular formula is C15H11F2NO4. The summed E-state index contributed by atoms with van der Waals surface area (Å²) in [5.41, 5.74) is -0.766. The molecule has 0 aliphatic heterocycles. The number of ether oxygens (including phenoxy) is 1. The molecular weight excluding hydrogens is 296 g/mol. The Morgan fingerprint density at radius 1 is 1.14 bits per heavy atom. The predicted octanol–water partition coefficient (Wildman–Crippen LogP) is 3.41. The minimum absolute atomic E-state index is 0.0601. The Bertz CT molecular complexity index is 704. The number of amides is 1. The van der Waals surface area contributed by atoms with Crippen molar-refractivity contribution < 1.29 is 28.2 Å². The van der Waals surface area contributed by atoms with E-state index in [-0.39, 0.29) is 6.61 Å². The van der Waals surface area contributed by atoms with Gasteiger partial charge in [0.1, 0.15) is 18.0 Å². The molecule has 0 saturated carbocycles. The van der Waals surface area contributed by atoms with Crippen molar-refractivity contribution >= 4 is 17.7 Å². The highest BCUT2D eigenvalue weighted by molar-refractivity contribution is 5.92. The summed E-state index contributed by atoms with van der Waals surface area (Å²) in [6.45, 7) is -0.0601. The van der Waals surface area contributed by atoms with E-state index in [4.69, 9.17) is 9.84 Å². The van der Waals surface area contributed by atoms with E-state index in [1.807, 2.05) is 5.32 Å². The fourth-order valence-corrected chi connectivity index (χ4v) is 1.70. The van der Waals surface area contributed by atoms with Gasteiger partial charge in [-0.25, -0.2) is 18.4 Å². The first kappa shape index (κ1) is 15.4. The van der Waals surface area contributed by atoms with Crippen LogP contribution in [0.4, 0.5) is 19.3 Å². The standard InChI is InChI=1S/C15H11F2NO4/c16-10-6-11(14(19)20)13(17)12(7-10)18-15(21)22-8-9-4-2-1-3-5-9/h1-7H,8H2,(H,18,21)(H,19,20). The Hall–Kier alpha value is -2.96. The molecule has 0 aliphatic carbocycles. The maximum atomic E-state index is 13.8. The normalized spacial score (nSPS) is 10.1. The zero-order chi connectivity index (χ0) is 16.1. The number of carboxylic acids is 1. The van der Waals surface area contributed by atoms with Gasteiger partial charge in [0, 0.05) is 6.07 Å². The highest BCUT2D eigenvalue weighted by atomic mass is 19.1. The van der Waals surface area contributed by atoms with Crippen LogP contribution in [0.15, 0.2) is 42.5 Å². The van der Waals surface area contributed by atoms with Gasteiger partial charge in [0.15, 0.2) is 5.82 Å². The number of hydrogen-bond donors (Lipinski definition) is 2. The van der Waals surface area contributed by atoms with Crippen LogP contribution in [0.2, 0.25) is 0 Å². The summed E-state index contributed by atoms with van der Waals surface area (Å²) in [5, 5.41) is 10.7. The summed E-state index contributed by atoms with van der Waals surface area (Å²) < 4.78 is 31.9. The quantitative estimate of drug-likeness (QED) is 0.907. The molecule has 0 fully saturated rings. The lowest BCUT2D eigenvalue weighted by molar-refractivity contribution is 0.0691. The molecule has 7 heteroatoms. The van der Waals surface area contributed by atoms with Crippen LogP contribution in [0.3, 0.4) is 0 Å². The van der Waals surface area contributed by atoms with Crippen LogP contribution < -0.4 is 5.32 Å². The summed E-state index contributed by atoms with van der Waals surface area (Å²) in [5.74, 6) is -3.87. The largest absolute Gasteiger partial charge is 0.478 e. The molecule has 0 radical (unpaired) electrons. The molecule has 22 heavy (non-hydrogen) atoms. The number of anilines is 1. The van der Waals surface area contributed by atoms with E-state index < -0.39 is 34.9 Å². The topological polar surface area (TPSA) is 75.6 Å². The first-order chi connectivity index (χ1) is 10.5. The summed E-state index contributed by atoms with van der Waals surface area (Å²) in [6.07, 6.45) is -1.02. The van der Waals surface area contributed by atoms with E-state index in [0.29, 0.717) is 17.7 Å². The number of nitrogens with one attached hydrogen (secondary N) is 1. The van der Waals surface area contributed by atoms with Crippen molar-refractivity contribution in [2.24, 2.45) is 0 Å². The number of halogens is 2. The van der Waals surface area contributed by atoms with E-state index >= 15 is 0 Å². The molecule has 0 saturated heterocycles. The number of benzene rings is 2. The molecule has 1 amide bonds. The van der Waals surface area contributed by atoms with Gasteiger partial charge >= 0.3 is 12.1 Å². The summed E-state index contributed by atoms with van der Waals surface area (Å²) in [6, 6.07) is 9.93. The first-order valence-electron chi connectivity index (χ1n) is 6.17. The van der Waals surface area contributed by atoms with E-state index in [0.717, 1.165) is 0 Å². The average molecular weight is 307 g/mol. The van der Waals surface area contributed by atoms with E-state index in [2.05, 4.69) is 0 Å². The lowest BCUT2D eigenvalue weighted by Gasteiger charge is -2.09. The third-order valence-electron chi connectivity index (χ3n) is 2.72. The van der Waals surface area contributed by atoms with Crippen LogP contribution in [-0.2, 0) is 11.3 Å². The number of hydrogen-bond acceptors (Lipinski definition) is 3. The smallest absolute Gasteiger partial charge is 0.412 e. The first-order valence-corrected chi connectivity index (χ1v) is 6.17. The Kier molecular flexibility index (Phi) is 4.67. The monoisotopic (exact) mass is 307 g/mol. The van der Waals surface area contributed by atoms with Crippen molar-refractivity contribution in [3.63, 3.8) is 0 Å². The molecule has 2 aromatic rings. The van der Waals surface area contributed by atoms with Gasteiger partial charge in [-0.05, 0) is 11.6 Å². The van der Waals surface area contributed by atoms with Crippen molar-refractivity contribution in [2.45, 2.75) is 6.61 Å². The fraction of sp³-hybridized carbons (Fsp3) is 0.0667. The Balaban J connectivity index is 2.07. The van der Waals surface area contributed by atoms with E-state index in [1.165, 1.54) is 0 Å². The number of carbonyl (C=O) groups is 2. The van der Waals surface area contributed by atoms with Crippen molar-refractivity contribution in [3.8, 4) is 0 Å². The molecule has 0 aromatic heterocycles. The third-order valence-corrected chi connectivity index (χ3v) is 2.72. The van der Waals surface area contributed by atoms with Gasteiger partial charge in [0.05, 0.1) is 5.69 Å². The second-order valence-corrected chi connectivity index (χ2v) is 4.31. The van der Waals surface area contributed by atoms with Crippen LogP contribution in [0.25, 0.3) is 0 Å². The van der Waals surface area contributed by atoms with Crippen molar-refractivity contribution in [3.05, 3.63) is 65.2 Å². The highest BCUT2D eigenvalue weighted by Gasteiger charge is 2.18. The van der Waals surface area contributed by atoms with E-state index in [9.17, 15) is 18.4 Å². The van der Waals surface area contributed by atoms with Crippen LogP contribution in [-0.4, -0.2) is 17.2 Å². The second-order valence-electron chi connectivity index (χ2n) is 4.31. The van der Waals surface area contributed by atoms with Gasteiger partial charge in [-0.15, -0.1) is 0 Å². The molecule has 2 N–H and O–H groups in total. The van der Waals surface area contributed by atoms with Crippen molar-refractivity contribution in [1.82, 2.24) is 0 Å². The second kappa shape index (κ2) is 6.66. The van der Waals surface area contributed by atoms with Crippen LogP contribution >= 0.6 is 0 Å². The maximum Gasteiger partial charge on any atom is 0.412 e. The molecule has 5 nitrogen and oxygen atoms in total. The van der Waals surface area contributed by atoms with Gasteiger partial charge in [0.2, 0.25) is 0 Å². The minimum Gasteiger partial charge on any atom is -0.478 e. The predicted molar refractivity (Wildman–Crippen MR) is 73.6 cm³/mol. The summed E-state index contributed by atoms with van der Waals surface area (Å²) in [4.78, 5) is 22.3. The SMILES string of the molecule is O=C(Nc1cc(F)cc(C(=O)O)c1F)OCc1ccccc1. The summed E-state index contributed by atoms with van der Waals surface area (Å²) >= 11 is 0. The number of carboxylic acid groups (broad SMARTS) is 1. The maximum absolute atomic E-state index is 13.8. The molecule has 0 bridgehead atoms. The minimum atomic E-state index is -1.64.